The summed E-state index contributed by atoms with van der Waals surface area (Å²) in [5.41, 5.74) is 0. The van der Waals surface area contributed by atoms with Crippen molar-refractivity contribution in [1.29, 1.82) is 10.5 Å². The Morgan fingerprint density at radius 3 is 2.00 bits per heavy atom. The first-order valence-corrected chi connectivity index (χ1v) is 2.43. The standard InChI is InChI=1S/C6H7N2/c1-2-3-6(4-7)5-8/h6H,1-3H2. The smallest absolute Gasteiger partial charge is 0.133 e. The van der Waals surface area contributed by atoms with E-state index in [0.29, 0.717) is 12.8 Å². The van der Waals surface area contributed by atoms with Crippen LogP contribution in [0.4, 0.5) is 0 Å². The molecule has 0 heterocycles. The maximum Gasteiger partial charge on any atom is 0.133 e. The lowest BCUT2D eigenvalue weighted by Crippen LogP contribution is -1.89. The number of nitriles is 2. The van der Waals surface area contributed by atoms with Crippen molar-refractivity contribution in [2.75, 3.05) is 0 Å². The number of nitrogens with zero attached hydrogens (tertiary/aromatic N) is 2. The minimum absolute atomic E-state index is 0.451. The van der Waals surface area contributed by atoms with Gasteiger partial charge < -0.3 is 0 Å². The highest BCUT2D eigenvalue weighted by Crippen LogP contribution is 2.00. The molecule has 0 aliphatic carbocycles. The predicted molar refractivity (Wildman–Crippen MR) is 29.3 cm³/mol. The van der Waals surface area contributed by atoms with Gasteiger partial charge in [-0.25, -0.2) is 0 Å². The fourth-order valence-corrected chi connectivity index (χ4v) is 0.362. The lowest BCUT2D eigenvalue weighted by molar-refractivity contribution is 0.744. The molecular formula is C6H7N2. The maximum atomic E-state index is 8.16. The molecule has 1 radical (unpaired) electrons. The second-order valence-electron chi connectivity index (χ2n) is 1.45. The van der Waals surface area contributed by atoms with E-state index in [2.05, 4.69) is 6.92 Å². The van der Waals surface area contributed by atoms with Crippen molar-refractivity contribution in [1.82, 2.24) is 0 Å². The topological polar surface area (TPSA) is 47.6 Å². The van der Waals surface area contributed by atoms with Gasteiger partial charge in [0.2, 0.25) is 0 Å². The summed E-state index contributed by atoms with van der Waals surface area (Å²) in [4.78, 5) is 0. The molecule has 0 fully saturated rings. The van der Waals surface area contributed by atoms with Gasteiger partial charge in [-0.2, -0.15) is 10.5 Å². The van der Waals surface area contributed by atoms with E-state index in [1.165, 1.54) is 0 Å². The molecule has 0 saturated carbocycles. The van der Waals surface area contributed by atoms with Crippen LogP contribution in [0.25, 0.3) is 0 Å². The number of hydrogen-bond donors (Lipinski definition) is 0. The van der Waals surface area contributed by atoms with Crippen LogP contribution in [0.15, 0.2) is 0 Å². The summed E-state index contributed by atoms with van der Waals surface area (Å²) in [5.74, 6) is -0.451. The average molecular weight is 107 g/mol. The Morgan fingerprint density at radius 1 is 1.38 bits per heavy atom. The summed E-state index contributed by atoms with van der Waals surface area (Å²) < 4.78 is 0. The molecule has 0 unspecified atom stereocenters. The van der Waals surface area contributed by atoms with Crippen LogP contribution >= 0.6 is 0 Å². The zero-order valence-corrected chi connectivity index (χ0v) is 4.59. The van der Waals surface area contributed by atoms with E-state index in [0.717, 1.165) is 0 Å². The van der Waals surface area contributed by atoms with Gasteiger partial charge in [-0.1, -0.05) is 13.3 Å². The first-order valence-electron chi connectivity index (χ1n) is 2.43. The SMILES string of the molecule is [CH2]CCC(C#N)C#N. The van der Waals surface area contributed by atoms with Gasteiger partial charge in [0, 0.05) is 0 Å². The largest absolute Gasteiger partial charge is 0.197 e. The first kappa shape index (κ1) is 6.98. The second kappa shape index (κ2) is 4.15. The van der Waals surface area contributed by atoms with Crippen LogP contribution in [0.2, 0.25) is 0 Å². The summed E-state index contributed by atoms with van der Waals surface area (Å²) in [6.45, 7) is 3.52. The summed E-state index contributed by atoms with van der Waals surface area (Å²) >= 11 is 0. The molecule has 0 N–H and O–H groups in total. The van der Waals surface area contributed by atoms with Crippen LogP contribution in [0.3, 0.4) is 0 Å². The Kier molecular flexibility index (Phi) is 3.62. The van der Waals surface area contributed by atoms with Gasteiger partial charge in [-0.3, -0.25) is 0 Å². The zero-order chi connectivity index (χ0) is 6.41. The van der Waals surface area contributed by atoms with E-state index in [-0.39, 0.29) is 0 Å². The van der Waals surface area contributed by atoms with E-state index < -0.39 is 5.92 Å². The number of rotatable bonds is 2. The summed E-state index contributed by atoms with van der Waals surface area (Å²) in [6.07, 6.45) is 1.25. The van der Waals surface area contributed by atoms with Crippen LogP contribution in [0.5, 0.6) is 0 Å². The van der Waals surface area contributed by atoms with Crippen molar-refractivity contribution in [3.8, 4) is 12.1 Å². The Morgan fingerprint density at radius 2 is 1.88 bits per heavy atom. The maximum absolute atomic E-state index is 8.16. The molecule has 0 bridgehead atoms. The van der Waals surface area contributed by atoms with Crippen molar-refractivity contribution in [2.45, 2.75) is 12.8 Å². The average Bonchev–Trinajstić information content (AvgIpc) is 1.83. The Bertz CT molecular complexity index is 112. The Hall–Kier alpha value is -1.02. The van der Waals surface area contributed by atoms with E-state index in [9.17, 15) is 0 Å². The molecule has 0 rings (SSSR count). The minimum atomic E-state index is -0.451. The molecule has 0 aliphatic heterocycles. The lowest BCUT2D eigenvalue weighted by atomic mass is 10.1. The van der Waals surface area contributed by atoms with Crippen LogP contribution < -0.4 is 0 Å². The van der Waals surface area contributed by atoms with Crippen LogP contribution in [0.1, 0.15) is 12.8 Å². The highest BCUT2D eigenvalue weighted by Gasteiger charge is 2.00. The van der Waals surface area contributed by atoms with Gasteiger partial charge in [0.1, 0.15) is 5.92 Å². The Balaban J connectivity index is 3.46. The van der Waals surface area contributed by atoms with Gasteiger partial charge in [0.15, 0.2) is 0 Å². The molecule has 0 saturated heterocycles. The van der Waals surface area contributed by atoms with Gasteiger partial charge in [-0.05, 0) is 6.42 Å². The van der Waals surface area contributed by atoms with Crippen molar-refractivity contribution < 1.29 is 0 Å². The molecule has 0 aromatic rings. The van der Waals surface area contributed by atoms with E-state index >= 15 is 0 Å². The highest BCUT2D eigenvalue weighted by molar-refractivity contribution is 4.98. The molecule has 0 aromatic heterocycles. The highest BCUT2D eigenvalue weighted by atomic mass is 14.3. The first-order chi connectivity index (χ1) is 3.85. The normalized spacial score (nSPS) is 8.00. The van der Waals surface area contributed by atoms with Gasteiger partial charge >= 0.3 is 0 Å². The molecule has 8 heavy (non-hydrogen) atoms. The van der Waals surface area contributed by atoms with Crippen LogP contribution in [-0.2, 0) is 0 Å². The summed E-state index contributed by atoms with van der Waals surface area (Å²) in [7, 11) is 0. The molecule has 2 nitrogen and oxygen atoms in total. The zero-order valence-electron chi connectivity index (χ0n) is 4.59. The third-order valence-electron chi connectivity index (χ3n) is 0.804. The molecule has 0 aliphatic rings. The molecule has 0 spiro atoms. The third kappa shape index (κ3) is 2.21. The van der Waals surface area contributed by atoms with Crippen molar-refractivity contribution in [2.24, 2.45) is 5.92 Å². The minimum Gasteiger partial charge on any atom is -0.197 e. The molecule has 0 aromatic carbocycles. The molecule has 2 heteroatoms. The molecule has 41 valence electrons. The van der Waals surface area contributed by atoms with Gasteiger partial charge in [0.25, 0.3) is 0 Å². The van der Waals surface area contributed by atoms with Crippen molar-refractivity contribution in [3.05, 3.63) is 6.92 Å². The lowest BCUT2D eigenvalue weighted by Gasteiger charge is -1.89. The fourth-order valence-electron chi connectivity index (χ4n) is 0.362. The quantitative estimate of drug-likeness (QED) is 0.533. The fraction of sp³-hybridized carbons (Fsp3) is 0.500. The van der Waals surface area contributed by atoms with E-state index in [1.807, 2.05) is 12.1 Å². The monoisotopic (exact) mass is 107 g/mol. The van der Waals surface area contributed by atoms with Gasteiger partial charge in [0.05, 0.1) is 12.1 Å². The van der Waals surface area contributed by atoms with Crippen LogP contribution in [-0.4, -0.2) is 0 Å². The third-order valence-corrected chi connectivity index (χ3v) is 0.804. The van der Waals surface area contributed by atoms with Crippen molar-refractivity contribution >= 4 is 0 Å². The number of hydrogen-bond acceptors (Lipinski definition) is 2. The van der Waals surface area contributed by atoms with E-state index in [4.69, 9.17) is 10.5 Å². The van der Waals surface area contributed by atoms with E-state index in [1.54, 1.807) is 0 Å². The Labute approximate surface area is 49.3 Å². The van der Waals surface area contributed by atoms with Crippen LogP contribution in [0, 0.1) is 35.5 Å². The predicted octanol–water partition coefficient (Wildman–Crippen LogP) is 1.26. The molecule has 0 atom stereocenters. The summed E-state index contributed by atoms with van der Waals surface area (Å²) in [5, 5.41) is 16.3. The molecule has 0 amide bonds. The second-order valence-corrected chi connectivity index (χ2v) is 1.45. The summed E-state index contributed by atoms with van der Waals surface area (Å²) in [6, 6.07) is 3.70. The van der Waals surface area contributed by atoms with Crippen molar-refractivity contribution in [3.63, 3.8) is 0 Å². The molecular weight excluding hydrogens is 100 g/mol. The van der Waals surface area contributed by atoms with Gasteiger partial charge in [-0.15, -0.1) is 0 Å².